The fraction of sp³-hybridized carbons (Fsp3) is 0.167. The predicted octanol–water partition coefficient (Wildman–Crippen LogP) is 5.46. The van der Waals surface area contributed by atoms with Crippen molar-refractivity contribution in [3.63, 3.8) is 0 Å². The molecule has 0 aliphatic heterocycles. The maximum atomic E-state index is 13.2. The van der Waals surface area contributed by atoms with Gasteiger partial charge in [-0.25, -0.2) is 8.42 Å². The van der Waals surface area contributed by atoms with Crippen LogP contribution in [0.5, 0.6) is 5.75 Å². The molecule has 0 spiro atoms. The number of aromatic amines is 1. The number of carbonyl (C=O) groups is 1. The number of benzene rings is 4. The molecule has 0 fully saturated rings. The Morgan fingerprint density at radius 3 is 2.45 bits per heavy atom. The van der Waals surface area contributed by atoms with E-state index in [1.165, 1.54) is 5.39 Å². The number of ketones is 1. The summed E-state index contributed by atoms with van der Waals surface area (Å²) in [4.78, 5) is 18.6. The number of rotatable bonds is 11. The van der Waals surface area contributed by atoms with Gasteiger partial charge in [0.1, 0.15) is 12.4 Å². The van der Waals surface area contributed by atoms with Crippen molar-refractivity contribution in [3.05, 3.63) is 108 Å². The number of sulfonamides is 1. The number of nitrogens with one attached hydrogen (secondary N) is 2. The Balaban J connectivity index is 1.28. The summed E-state index contributed by atoms with van der Waals surface area (Å²) in [6, 6.07) is 30.7. The summed E-state index contributed by atoms with van der Waals surface area (Å²) >= 11 is 0. The number of fused-ring (bicyclic) bond motifs is 3. The number of anilines is 1. The molecule has 7 nitrogen and oxygen atoms in total. The number of hydrogen-bond acceptors (Lipinski definition) is 5. The van der Waals surface area contributed by atoms with Crippen molar-refractivity contribution in [3.8, 4) is 5.75 Å². The Kier molecular flexibility index (Phi) is 7.44. The lowest BCUT2D eigenvalue weighted by Crippen LogP contribution is -2.33. The van der Waals surface area contributed by atoms with Gasteiger partial charge < -0.3 is 9.72 Å². The molecule has 1 aromatic heterocycles. The van der Waals surface area contributed by atoms with Crippen LogP contribution in [0.4, 0.5) is 5.69 Å². The predicted molar refractivity (Wildman–Crippen MR) is 152 cm³/mol. The van der Waals surface area contributed by atoms with Gasteiger partial charge in [-0.1, -0.05) is 60.7 Å². The molecular weight excluding hydrogens is 498 g/mol. The van der Waals surface area contributed by atoms with E-state index in [1.807, 2.05) is 59.5 Å². The average Bonchev–Trinajstić information content (AvgIpc) is 3.26. The number of para-hydroxylation sites is 1. The van der Waals surface area contributed by atoms with Gasteiger partial charge in [-0.15, -0.1) is 0 Å². The van der Waals surface area contributed by atoms with Crippen LogP contribution in [0.1, 0.15) is 15.9 Å². The van der Waals surface area contributed by atoms with Crippen molar-refractivity contribution < 1.29 is 17.9 Å². The van der Waals surface area contributed by atoms with Gasteiger partial charge in [0, 0.05) is 46.7 Å². The van der Waals surface area contributed by atoms with E-state index >= 15 is 0 Å². The molecule has 0 aliphatic carbocycles. The Morgan fingerprint density at radius 2 is 1.63 bits per heavy atom. The number of hydrogen-bond donors (Lipinski definition) is 2. The van der Waals surface area contributed by atoms with Gasteiger partial charge in [0.05, 0.1) is 18.3 Å². The summed E-state index contributed by atoms with van der Waals surface area (Å²) in [5, 5.41) is 2.33. The first-order chi connectivity index (χ1) is 18.3. The monoisotopic (exact) mass is 527 g/mol. The molecular formula is C30H29N3O4S. The van der Waals surface area contributed by atoms with Crippen LogP contribution in [-0.4, -0.2) is 50.0 Å². The summed E-state index contributed by atoms with van der Waals surface area (Å²) in [6.07, 6.45) is 1.08. The molecule has 8 heteroatoms. The maximum absolute atomic E-state index is 13.2. The summed E-state index contributed by atoms with van der Waals surface area (Å²) in [7, 11) is -3.43. The Morgan fingerprint density at radius 1 is 0.868 bits per heavy atom. The van der Waals surface area contributed by atoms with Gasteiger partial charge in [-0.2, -0.15) is 0 Å². The number of aromatic nitrogens is 1. The van der Waals surface area contributed by atoms with E-state index in [9.17, 15) is 13.2 Å². The first-order valence-electron chi connectivity index (χ1n) is 12.3. The zero-order valence-corrected chi connectivity index (χ0v) is 21.9. The van der Waals surface area contributed by atoms with Crippen LogP contribution in [0.25, 0.3) is 21.8 Å². The van der Waals surface area contributed by atoms with Gasteiger partial charge in [0.25, 0.3) is 0 Å². The van der Waals surface area contributed by atoms with E-state index in [-0.39, 0.29) is 12.3 Å². The van der Waals surface area contributed by atoms with Crippen molar-refractivity contribution in [2.24, 2.45) is 0 Å². The third-order valence-corrected chi connectivity index (χ3v) is 6.86. The number of H-pyrrole nitrogens is 1. The van der Waals surface area contributed by atoms with Gasteiger partial charge in [-0.05, 0) is 35.9 Å². The van der Waals surface area contributed by atoms with E-state index in [0.717, 1.165) is 34.0 Å². The fourth-order valence-corrected chi connectivity index (χ4v) is 5.09. The van der Waals surface area contributed by atoms with Gasteiger partial charge >= 0.3 is 0 Å². The number of ether oxygens (including phenoxy) is 1. The van der Waals surface area contributed by atoms with Crippen molar-refractivity contribution in [1.82, 2.24) is 9.88 Å². The molecule has 4 aromatic carbocycles. The molecule has 0 saturated heterocycles. The Labute approximate surface area is 222 Å². The lowest BCUT2D eigenvalue weighted by Gasteiger charge is -2.22. The smallest absolute Gasteiger partial charge is 0.229 e. The fourth-order valence-electron chi connectivity index (χ4n) is 4.54. The zero-order valence-electron chi connectivity index (χ0n) is 21.1. The highest BCUT2D eigenvalue weighted by molar-refractivity contribution is 7.92. The Hall–Kier alpha value is -4.14. The summed E-state index contributed by atoms with van der Waals surface area (Å²) in [5.74, 6) is 0.659. The molecule has 0 unspecified atom stereocenters. The molecule has 5 aromatic rings. The largest absolute Gasteiger partial charge is 0.492 e. The highest BCUT2D eigenvalue weighted by Crippen LogP contribution is 2.28. The highest BCUT2D eigenvalue weighted by atomic mass is 32.2. The van der Waals surface area contributed by atoms with Crippen LogP contribution in [0.3, 0.4) is 0 Å². The van der Waals surface area contributed by atoms with Gasteiger partial charge in [-0.3, -0.25) is 14.4 Å². The van der Waals surface area contributed by atoms with Gasteiger partial charge in [0.2, 0.25) is 10.0 Å². The second-order valence-electron chi connectivity index (χ2n) is 9.30. The van der Waals surface area contributed by atoms with Gasteiger partial charge in [0.15, 0.2) is 5.78 Å². The molecule has 0 radical (unpaired) electrons. The van der Waals surface area contributed by atoms with Crippen LogP contribution in [0.15, 0.2) is 97.1 Å². The van der Waals surface area contributed by atoms with E-state index in [1.54, 1.807) is 24.3 Å². The van der Waals surface area contributed by atoms with E-state index in [0.29, 0.717) is 30.9 Å². The van der Waals surface area contributed by atoms with Crippen LogP contribution in [0.2, 0.25) is 0 Å². The molecule has 0 bridgehead atoms. The minimum Gasteiger partial charge on any atom is -0.492 e. The second kappa shape index (κ2) is 11.1. The molecule has 0 atom stereocenters. The second-order valence-corrected chi connectivity index (χ2v) is 11.0. The van der Waals surface area contributed by atoms with Crippen molar-refractivity contribution in [2.45, 2.75) is 6.54 Å². The third-order valence-electron chi connectivity index (χ3n) is 6.26. The number of Topliss-reactive ketones (excluding diaryl/α,β-unsaturated/α-hetero) is 1. The first kappa shape index (κ1) is 25.5. The van der Waals surface area contributed by atoms with Crippen molar-refractivity contribution >= 4 is 43.3 Å². The lowest BCUT2D eigenvalue weighted by molar-refractivity contribution is 0.0912. The summed E-state index contributed by atoms with van der Waals surface area (Å²) in [5.41, 5.74) is 4.00. The molecule has 1 heterocycles. The Bertz CT molecular complexity index is 1680. The van der Waals surface area contributed by atoms with Crippen LogP contribution in [-0.2, 0) is 16.6 Å². The van der Waals surface area contributed by atoms with Crippen molar-refractivity contribution in [1.29, 1.82) is 0 Å². The minimum atomic E-state index is -3.43. The normalized spacial score (nSPS) is 11.7. The molecule has 0 saturated carbocycles. The molecule has 38 heavy (non-hydrogen) atoms. The summed E-state index contributed by atoms with van der Waals surface area (Å²) < 4.78 is 31.7. The SMILES string of the molecule is CS(=O)(=O)Nc1cccc(C(=O)CN(CCOc2ccc3c(c2)[nH]c2ccccc23)Cc2ccccc2)c1. The average molecular weight is 528 g/mol. The first-order valence-corrected chi connectivity index (χ1v) is 14.2. The number of carbonyl (C=O) groups excluding carboxylic acids is 1. The molecule has 194 valence electrons. The molecule has 0 amide bonds. The van der Waals surface area contributed by atoms with E-state index in [2.05, 4.69) is 27.9 Å². The van der Waals surface area contributed by atoms with Crippen LogP contribution < -0.4 is 9.46 Å². The lowest BCUT2D eigenvalue weighted by atomic mass is 10.1. The third kappa shape index (κ3) is 6.40. The van der Waals surface area contributed by atoms with Crippen molar-refractivity contribution in [2.75, 3.05) is 30.7 Å². The summed E-state index contributed by atoms with van der Waals surface area (Å²) in [6.45, 7) is 1.69. The zero-order chi connectivity index (χ0) is 26.5. The maximum Gasteiger partial charge on any atom is 0.229 e. The molecule has 2 N–H and O–H groups in total. The topological polar surface area (TPSA) is 91.5 Å². The minimum absolute atomic E-state index is 0.0995. The van der Waals surface area contributed by atoms with E-state index < -0.39 is 10.0 Å². The van der Waals surface area contributed by atoms with E-state index in [4.69, 9.17) is 4.74 Å². The number of nitrogens with zero attached hydrogens (tertiary/aromatic N) is 1. The molecule has 0 aliphatic rings. The standard InChI is InChI=1S/C30H29N3O4S/c1-38(35,36)32-24-11-7-10-23(18-24)30(34)21-33(20-22-8-3-2-4-9-22)16-17-37-25-14-15-27-26-12-5-6-13-28(26)31-29(27)19-25/h2-15,18-19,31-32H,16-17,20-21H2,1H3. The molecule has 5 rings (SSSR count). The quantitative estimate of drug-likeness (QED) is 0.223. The van der Waals surface area contributed by atoms with Crippen LogP contribution in [0, 0.1) is 0 Å². The highest BCUT2D eigenvalue weighted by Gasteiger charge is 2.15. The van der Waals surface area contributed by atoms with Crippen LogP contribution >= 0.6 is 0 Å².